The molecule has 0 unspecified atom stereocenters. The predicted octanol–water partition coefficient (Wildman–Crippen LogP) is 6.05. The molecule has 3 heteroatoms. The number of ether oxygens (including phenoxy) is 1. The number of H-pyrrole nitrogens is 1. The van der Waals surface area contributed by atoms with E-state index in [9.17, 15) is 4.79 Å². The highest BCUT2D eigenvalue weighted by molar-refractivity contribution is 6.23. The average Bonchev–Trinajstić information content (AvgIpc) is 3.03. The summed E-state index contributed by atoms with van der Waals surface area (Å²) in [5, 5.41) is 4.73. The fourth-order valence-corrected chi connectivity index (χ4v) is 3.67. The summed E-state index contributed by atoms with van der Waals surface area (Å²) in [5.41, 5.74) is 5.07. The van der Waals surface area contributed by atoms with E-state index in [0.29, 0.717) is 12.2 Å². The van der Waals surface area contributed by atoms with E-state index in [1.165, 1.54) is 27.3 Å². The van der Waals surface area contributed by atoms with Crippen molar-refractivity contribution in [3.8, 4) is 0 Å². The third kappa shape index (κ3) is 2.55. The summed E-state index contributed by atoms with van der Waals surface area (Å²) in [7, 11) is 0. The standard InChI is InChI=1S/C23H23NO2/c1-4-5-13-26-23(25)18-8-6-7-17-21-19(24-22(17)18)12-11-16-10-9-14(2)15(3)20(16)21/h6-12,24H,4-5,13H2,1-3H3. The molecule has 1 heterocycles. The molecular weight excluding hydrogens is 322 g/mol. The van der Waals surface area contributed by atoms with Crippen LogP contribution in [0.25, 0.3) is 32.6 Å². The molecule has 0 radical (unpaired) electrons. The van der Waals surface area contributed by atoms with E-state index < -0.39 is 0 Å². The first-order valence-electron chi connectivity index (χ1n) is 9.22. The zero-order valence-electron chi connectivity index (χ0n) is 15.5. The highest BCUT2D eigenvalue weighted by Gasteiger charge is 2.17. The summed E-state index contributed by atoms with van der Waals surface area (Å²) in [6, 6.07) is 14.4. The third-order valence-electron chi connectivity index (χ3n) is 5.26. The van der Waals surface area contributed by atoms with Crippen molar-refractivity contribution in [2.24, 2.45) is 0 Å². The maximum absolute atomic E-state index is 12.6. The SMILES string of the molecule is CCCCOC(=O)c1cccc2c1[nH]c1ccc3ccc(C)c(C)c3c12. The zero-order valence-corrected chi connectivity index (χ0v) is 15.5. The lowest BCUT2D eigenvalue weighted by Gasteiger charge is -2.08. The number of hydrogen-bond acceptors (Lipinski definition) is 2. The lowest BCUT2D eigenvalue weighted by molar-refractivity contribution is 0.0502. The van der Waals surface area contributed by atoms with Crippen molar-refractivity contribution in [1.29, 1.82) is 0 Å². The van der Waals surface area contributed by atoms with Gasteiger partial charge in [0.2, 0.25) is 0 Å². The van der Waals surface area contributed by atoms with Gasteiger partial charge in [0, 0.05) is 16.3 Å². The molecule has 0 atom stereocenters. The van der Waals surface area contributed by atoms with Gasteiger partial charge in [-0.1, -0.05) is 43.7 Å². The van der Waals surface area contributed by atoms with Gasteiger partial charge in [-0.15, -0.1) is 0 Å². The first-order chi connectivity index (χ1) is 12.6. The number of hydrogen-bond donors (Lipinski definition) is 1. The predicted molar refractivity (Wildman–Crippen MR) is 108 cm³/mol. The molecule has 0 saturated carbocycles. The van der Waals surface area contributed by atoms with Crippen molar-refractivity contribution in [2.75, 3.05) is 6.61 Å². The van der Waals surface area contributed by atoms with E-state index in [-0.39, 0.29) is 5.97 Å². The van der Waals surface area contributed by atoms with Crippen LogP contribution >= 0.6 is 0 Å². The number of esters is 1. The van der Waals surface area contributed by atoms with Crippen LogP contribution in [0.4, 0.5) is 0 Å². The quantitative estimate of drug-likeness (QED) is 0.361. The lowest BCUT2D eigenvalue weighted by atomic mass is 9.96. The van der Waals surface area contributed by atoms with E-state index in [1.54, 1.807) is 0 Å². The third-order valence-corrected chi connectivity index (χ3v) is 5.26. The molecule has 0 fully saturated rings. The van der Waals surface area contributed by atoms with E-state index in [4.69, 9.17) is 4.74 Å². The number of unbranched alkanes of at least 4 members (excludes halogenated alkanes) is 1. The average molecular weight is 345 g/mol. The van der Waals surface area contributed by atoms with Crippen LogP contribution in [0.3, 0.4) is 0 Å². The molecular formula is C23H23NO2. The largest absolute Gasteiger partial charge is 0.462 e. The van der Waals surface area contributed by atoms with E-state index in [0.717, 1.165) is 29.3 Å². The molecule has 0 aliphatic rings. The normalized spacial score (nSPS) is 11.5. The Labute approximate surface area is 153 Å². The monoisotopic (exact) mass is 345 g/mol. The number of carbonyl (C=O) groups excluding carboxylic acids is 1. The minimum absolute atomic E-state index is 0.257. The number of rotatable bonds is 4. The zero-order chi connectivity index (χ0) is 18.3. The van der Waals surface area contributed by atoms with Crippen molar-refractivity contribution < 1.29 is 9.53 Å². The Hall–Kier alpha value is -2.81. The van der Waals surface area contributed by atoms with Gasteiger partial charge < -0.3 is 9.72 Å². The summed E-state index contributed by atoms with van der Waals surface area (Å²) < 4.78 is 5.44. The second-order valence-electron chi connectivity index (χ2n) is 6.94. The summed E-state index contributed by atoms with van der Waals surface area (Å²) in [6.45, 7) is 6.85. The number of para-hydroxylation sites is 1. The topological polar surface area (TPSA) is 42.1 Å². The smallest absolute Gasteiger partial charge is 0.340 e. The summed E-state index contributed by atoms with van der Waals surface area (Å²) in [5.74, 6) is -0.257. The summed E-state index contributed by atoms with van der Waals surface area (Å²) in [6.07, 6.45) is 1.89. The number of fused-ring (bicyclic) bond motifs is 5. The highest BCUT2D eigenvalue weighted by atomic mass is 16.5. The maximum Gasteiger partial charge on any atom is 0.340 e. The Morgan fingerprint density at radius 3 is 2.65 bits per heavy atom. The Bertz CT molecular complexity index is 1140. The van der Waals surface area contributed by atoms with Crippen LogP contribution in [0.1, 0.15) is 41.3 Å². The van der Waals surface area contributed by atoms with Gasteiger partial charge in [0.15, 0.2) is 0 Å². The van der Waals surface area contributed by atoms with Crippen molar-refractivity contribution in [3.05, 3.63) is 59.2 Å². The van der Waals surface area contributed by atoms with Crippen LogP contribution in [0, 0.1) is 13.8 Å². The van der Waals surface area contributed by atoms with Gasteiger partial charge in [-0.25, -0.2) is 4.79 Å². The van der Waals surface area contributed by atoms with Gasteiger partial charge in [0.05, 0.1) is 17.7 Å². The van der Waals surface area contributed by atoms with Crippen LogP contribution in [0.2, 0.25) is 0 Å². The molecule has 3 nitrogen and oxygen atoms in total. The number of aryl methyl sites for hydroxylation is 2. The molecule has 4 aromatic rings. The first-order valence-corrected chi connectivity index (χ1v) is 9.22. The fraction of sp³-hybridized carbons (Fsp3) is 0.261. The van der Waals surface area contributed by atoms with Crippen LogP contribution in [0.15, 0.2) is 42.5 Å². The lowest BCUT2D eigenvalue weighted by Crippen LogP contribution is -2.06. The minimum atomic E-state index is -0.257. The number of benzene rings is 3. The van der Waals surface area contributed by atoms with Crippen LogP contribution in [-0.4, -0.2) is 17.6 Å². The van der Waals surface area contributed by atoms with Gasteiger partial charge in [0.1, 0.15) is 0 Å². The van der Waals surface area contributed by atoms with Crippen molar-refractivity contribution in [2.45, 2.75) is 33.6 Å². The van der Waals surface area contributed by atoms with E-state index in [1.807, 2.05) is 12.1 Å². The number of aromatic amines is 1. The molecule has 4 rings (SSSR count). The minimum Gasteiger partial charge on any atom is -0.462 e. The molecule has 0 aliphatic carbocycles. The second kappa shape index (κ2) is 6.49. The molecule has 3 aromatic carbocycles. The Morgan fingerprint density at radius 1 is 1.04 bits per heavy atom. The van der Waals surface area contributed by atoms with Crippen molar-refractivity contribution in [3.63, 3.8) is 0 Å². The highest BCUT2D eigenvalue weighted by Crippen LogP contribution is 2.36. The van der Waals surface area contributed by atoms with E-state index >= 15 is 0 Å². The first kappa shape index (κ1) is 16.6. The molecule has 26 heavy (non-hydrogen) atoms. The van der Waals surface area contributed by atoms with E-state index in [2.05, 4.69) is 56.1 Å². The van der Waals surface area contributed by atoms with Crippen molar-refractivity contribution >= 4 is 38.5 Å². The van der Waals surface area contributed by atoms with Gasteiger partial charge in [-0.2, -0.15) is 0 Å². The summed E-state index contributed by atoms with van der Waals surface area (Å²) in [4.78, 5) is 16.0. The van der Waals surface area contributed by atoms with Crippen LogP contribution < -0.4 is 0 Å². The molecule has 0 aliphatic heterocycles. The number of aromatic nitrogens is 1. The van der Waals surface area contributed by atoms with Gasteiger partial charge in [-0.3, -0.25) is 0 Å². The Morgan fingerprint density at radius 2 is 1.85 bits per heavy atom. The van der Waals surface area contributed by atoms with Gasteiger partial charge >= 0.3 is 5.97 Å². The number of carbonyl (C=O) groups is 1. The molecule has 0 saturated heterocycles. The maximum atomic E-state index is 12.6. The van der Waals surface area contributed by atoms with Crippen LogP contribution in [-0.2, 0) is 4.74 Å². The van der Waals surface area contributed by atoms with Crippen LogP contribution in [0.5, 0.6) is 0 Å². The molecule has 132 valence electrons. The molecule has 1 aromatic heterocycles. The van der Waals surface area contributed by atoms with Crippen molar-refractivity contribution in [1.82, 2.24) is 4.98 Å². The van der Waals surface area contributed by atoms with Gasteiger partial charge in [-0.05, 0) is 54.3 Å². The van der Waals surface area contributed by atoms with Gasteiger partial charge in [0.25, 0.3) is 0 Å². The molecule has 1 N–H and O–H groups in total. The Kier molecular flexibility index (Phi) is 4.15. The molecule has 0 bridgehead atoms. The number of nitrogens with one attached hydrogen (secondary N) is 1. The molecule has 0 amide bonds. The fourth-order valence-electron chi connectivity index (χ4n) is 3.67. The second-order valence-corrected chi connectivity index (χ2v) is 6.94. The molecule has 0 spiro atoms. The summed E-state index contributed by atoms with van der Waals surface area (Å²) >= 11 is 0. The Balaban J connectivity index is 1.98.